The van der Waals surface area contributed by atoms with Crippen molar-refractivity contribution >= 4 is 6.08 Å². The SMILES string of the molecule is OC1=CC2c3ccccc3C=CN2C=C1. The van der Waals surface area contributed by atoms with Crippen LogP contribution in [-0.2, 0) is 0 Å². The Bertz CT molecular complexity index is 485. The van der Waals surface area contributed by atoms with E-state index in [0.29, 0.717) is 5.76 Å². The Kier molecular flexibility index (Phi) is 1.68. The minimum atomic E-state index is 0.135. The van der Waals surface area contributed by atoms with Crippen LogP contribution in [-0.4, -0.2) is 10.0 Å². The third-order valence-electron chi connectivity index (χ3n) is 2.81. The molecule has 2 aliphatic heterocycles. The Hall–Kier alpha value is -1.96. The van der Waals surface area contributed by atoms with Crippen LogP contribution in [0.1, 0.15) is 17.2 Å². The Morgan fingerprint density at radius 3 is 2.80 bits per heavy atom. The van der Waals surface area contributed by atoms with Crippen LogP contribution in [0.15, 0.2) is 54.6 Å². The summed E-state index contributed by atoms with van der Waals surface area (Å²) in [4.78, 5) is 2.09. The molecule has 1 unspecified atom stereocenters. The molecular weight excluding hydrogens is 186 g/mol. The highest BCUT2D eigenvalue weighted by molar-refractivity contribution is 5.58. The molecule has 1 N–H and O–H groups in total. The van der Waals surface area contributed by atoms with Crippen molar-refractivity contribution in [2.75, 3.05) is 0 Å². The maximum Gasteiger partial charge on any atom is 0.115 e. The zero-order valence-electron chi connectivity index (χ0n) is 8.17. The van der Waals surface area contributed by atoms with Crippen molar-refractivity contribution in [3.8, 4) is 0 Å². The van der Waals surface area contributed by atoms with E-state index in [0.717, 1.165) is 0 Å². The van der Waals surface area contributed by atoms with Crippen LogP contribution in [0.2, 0.25) is 0 Å². The molecule has 1 atom stereocenters. The molecule has 0 saturated carbocycles. The van der Waals surface area contributed by atoms with Gasteiger partial charge in [-0.1, -0.05) is 24.3 Å². The van der Waals surface area contributed by atoms with Gasteiger partial charge in [0.1, 0.15) is 5.76 Å². The monoisotopic (exact) mass is 197 g/mol. The summed E-state index contributed by atoms with van der Waals surface area (Å²) < 4.78 is 0. The molecule has 0 radical (unpaired) electrons. The highest BCUT2D eigenvalue weighted by Gasteiger charge is 2.22. The lowest BCUT2D eigenvalue weighted by Gasteiger charge is -2.32. The summed E-state index contributed by atoms with van der Waals surface area (Å²) in [6.45, 7) is 0. The minimum absolute atomic E-state index is 0.135. The van der Waals surface area contributed by atoms with Gasteiger partial charge in [0.05, 0.1) is 6.04 Å². The van der Waals surface area contributed by atoms with Crippen molar-refractivity contribution in [1.29, 1.82) is 0 Å². The number of aliphatic hydroxyl groups excluding tert-OH is 1. The summed E-state index contributed by atoms with van der Waals surface area (Å²) >= 11 is 0. The van der Waals surface area contributed by atoms with E-state index < -0.39 is 0 Å². The molecule has 2 heteroatoms. The van der Waals surface area contributed by atoms with Gasteiger partial charge in [-0.2, -0.15) is 0 Å². The van der Waals surface area contributed by atoms with Crippen LogP contribution in [0.4, 0.5) is 0 Å². The van der Waals surface area contributed by atoms with Gasteiger partial charge in [0.15, 0.2) is 0 Å². The van der Waals surface area contributed by atoms with Gasteiger partial charge in [0.25, 0.3) is 0 Å². The predicted octanol–water partition coefficient (Wildman–Crippen LogP) is 2.98. The number of allylic oxidation sites excluding steroid dienone is 1. The molecule has 15 heavy (non-hydrogen) atoms. The predicted molar refractivity (Wildman–Crippen MR) is 59.9 cm³/mol. The van der Waals surface area contributed by atoms with Gasteiger partial charge in [-0.25, -0.2) is 0 Å². The van der Waals surface area contributed by atoms with Gasteiger partial charge in [-0.05, 0) is 29.4 Å². The van der Waals surface area contributed by atoms with Crippen LogP contribution in [0.3, 0.4) is 0 Å². The first-order valence-electron chi connectivity index (χ1n) is 4.98. The zero-order chi connectivity index (χ0) is 10.3. The topological polar surface area (TPSA) is 23.5 Å². The lowest BCUT2D eigenvalue weighted by atomic mass is 9.95. The second-order valence-electron chi connectivity index (χ2n) is 3.74. The molecule has 0 fully saturated rings. The Morgan fingerprint density at radius 2 is 1.87 bits per heavy atom. The van der Waals surface area contributed by atoms with Crippen LogP contribution >= 0.6 is 0 Å². The van der Waals surface area contributed by atoms with E-state index in [1.54, 1.807) is 6.08 Å². The van der Waals surface area contributed by atoms with E-state index in [1.165, 1.54) is 11.1 Å². The van der Waals surface area contributed by atoms with Crippen LogP contribution in [0.25, 0.3) is 6.08 Å². The number of hydrogen-bond acceptors (Lipinski definition) is 2. The van der Waals surface area contributed by atoms with Crippen molar-refractivity contribution < 1.29 is 5.11 Å². The van der Waals surface area contributed by atoms with Gasteiger partial charge in [-0.3, -0.25) is 0 Å². The number of nitrogens with zero attached hydrogens (tertiary/aromatic N) is 1. The molecule has 0 aromatic heterocycles. The fraction of sp³-hybridized carbons (Fsp3) is 0.0769. The van der Waals surface area contributed by atoms with Gasteiger partial charge in [0, 0.05) is 12.4 Å². The molecular formula is C13H11NO. The number of aliphatic hydroxyl groups is 1. The Balaban J connectivity index is 2.14. The van der Waals surface area contributed by atoms with Gasteiger partial charge in [0.2, 0.25) is 0 Å². The third-order valence-corrected chi connectivity index (χ3v) is 2.81. The number of rotatable bonds is 0. The maximum atomic E-state index is 9.50. The van der Waals surface area contributed by atoms with E-state index in [9.17, 15) is 5.11 Å². The second kappa shape index (κ2) is 3.02. The molecule has 0 amide bonds. The highest BCUT2D eigenvalue weighted by atomic mass is 16.3. The summed E-state index contributed by atoms with van der Waals surface area (Å²) in [6, 6.07) is 8.38. The van der Waals surface area contributed by atoms with E-state index in [1.807, 2.05) is 30.6 Å². The van der Waals surface area contributed by atoms with Gasteiger partial charge < -0.3 is 10.0 Å². The molecule has 1 aromatic carbocycles. The molecule has 0 saturated heterocycles. The maximum absolute atomic E-state index is 9.50. The van der Waals surface area contributed by atoms with Crippen molar-refractivity contribution in [1.82, 2.24) is 4.90 Å². The fourth-order valence-electron chi connectivity index (χ4n) is 2.05. The summed E-state index contributed by atoms with van der Waals surface area (Å²) in [5.74, 6) is 0.335. The van der Waals surface area contributed by atoms with Crippen molar-refractivity contribution in [2.45, 2.75) is 6.04 Å². The smallest absolute Gasteiger partial charge is 0.115 e. The third kappa shape index (κ3) is 1.26. The van der Waals surface area contributed by atoms with Crippen LogP contribution in [0, 0.1) is 0 Å². The fourth-order valence-corrected chi connectivity index (χ4v) is 2.05. The molecule has 74 valence electrons. The molecule has 2 heterocycles. The van der Waals surface area contributed by atoms with E-state index in [-0.39, 0.29) is 6.04 Å². The van der Waals surface area contributed by atoms with Gasteiger partial charge >= 0.3 is 0 Å². The summed E-state index contributed by atoms with van der Waals surface area (Å²) in [5.41, 5.74) is 2.45. The van der Waals surface area contributed by atoms with Crippen molar-refractivity contribution in [2.24, 2.45) is 0 Å². The quantitative estimate of drug-likeness (QED) is 0.691. The molecule has 0 bridgehead atoms. The summed E-state index contributed by atoms with van der Waals surface area (Å²) in [7, 11) is 0. The molecule has 0 spiro atoms. The lowest BCUT2D eigenvalue weighted by molar-refractivity contribution is 0.373. The average molecular weight is 197 g/mol. The summed E-state index contributed by atoms with van der Waals surface area (Å²) in [5, 5.41) is 9.50. The second-order valence-corrected chi connectivity index (χ2v) is 3.74. The van der Waals surface area contributed by atoms with Crippen molar-refractivity contribution in [3.63, 3.8) is 0 Å². The minimum Gasteiger partial charge on any atom is -0.508 e. The summed E-state index contributed by atoms with van der Waals surface area (Å²) in [6.07, 6.45) is 9.59. The standard InChI is InChI=1S/C13H11NO/c15-11-6-8-14-7-5-10-3-1-2-4-12(10)13(14)9-11/h1-9,13,15H. The van der Waals surface area contributed by atoms with Crippen LogP contribution in [0.5, 0.6) is 0 Å². The molecule has 2 aliphatic rings. The Morgan fingerprint density at radius 1 is 1.07 bits per heavy atom. The number of fused-ring (bicyclic) bond motifs is 3. The first-order valence-corrected chi connectivity index (χ1v) is 4.98. The average Bonchev–Trinajstić information content (AvgIpc) is 2.29. The molecule has 2 nitrogen and oxygen atoms in total. The Labute approximate surface area is 88.5 Å². The van der Waals surface area contributed by atoms with Crippen molar-refractivity contribution in [3.05, 3.63) is 65.7 Å². The highest BCUT2D eigenvalue weighted by Crippen LogP contribution is 2.33. The van der Waals surface area contributed by atoms with Crippen LogP contribution < -0.4 is 0 Å². The molecule has 1 aromatic rings. The molecule has 0 aliphatic carbocycles. The first-order chi connectivity index (χ1) is 7.34. The molecule has 3 rings (SSSR count). The largest absolute Gasteiger partial charge is 0.508 e. The zero-order valence-corrected chi connectivity index (χ0v) is 8.17. The number of hydrogen-bond donors (Lipinski definition) is 1. The van der Waals surface area contributed by atoms with E-state index >= 15 is 0 Å². The first kappa shape index (κ1) is 8.36. The lowest BCUT2D eigenvalue weighted by Crippen LogP contribution is -2.22. The normalized spacial score (nSPS) is 22.0. The van der Waals surface area contributed by atoms with E-state index in [2.05, 4.69) is 23.1 Å². The van der Waals surface area contributed by atoms with Gasteiger partial charge in [-0.15, -0.1) is 0 Å². The van der Waals surface area contributed by atoms with E-state index in [4.69, 9.17) is 0 Å². The number of benzene rings is 1.